The van der Waals surface area contributed by atoms with E-state index in [1.54, 1.807) is 6.08 Å². The van der Waals surface area contributed by atoms with Crippen LogP contribution in [0.15, 0.2) is 84.9 Å². The van der Waals surface area contributed by atoms with Crippen molar-refractivity contribution in [2.45, 2.75) is 39.2 Å². The molecule has 0 unspecified atom stereocenters. The molecule has 0 saturated carbocycles. The molecule has 0 atom stereocenters. The van der Waals surface area contributed by atoms with E-state index in [1.807, 2.05) is 42.5 Å². The monoisotopic (exact) mass is 437 g/mol. The highest BCUT2D eigenvalue weighted by Crippen LogP contribution is 2.20. The molecule has 4 heteroatoms. The fraction of sp³-hybridized carbons (Fsp3) is 0.241. The summed E-state index contributed by atoms with van der Waals surface area (Å²) in [7, 11) is 0. The summed E-state index contributed by atoms with van der Waals surface area (Å²) in [4.78, 5) is 16.9. The summed E-state index contributed by atoms with van der Waals surface area (Å²) in [6.07, 6.45) is 7.44. The van der Waals surface area contributed by atoms with Crippen LogP contribution in [0.3, 0.4) is 0 Å². The van der Waals surface area contributed by atoms with Gasteiger partial charge in [0.25, 0.3) is 0 Å². The van der Waals surface area contributed by atoms with Crippen LogP contribution in [0.4, 0.5) is 0 Å². The summed E-state index contributed by atoms with van der Waals surface area (Å²) in [6.45, 7) is 3.66. The zero-order valence-corrected chi connectivity index (χ0v) is 19.2. The van der Waals surface area contributed by atoms with Crippen LogP contribution in [0.25, 0.3) is 17.1 Å². The lowest BCUT2D eigenvalue weighted by Gasteiger charge is -2.10. The molecule has 0 fully saturated rings. The van der Waals surface area contributed by atoms with Gasteiger partial charge in [0, 0.05) is 25.6 Å². The number of carbonyl (C=O) groups is 1. The number of rotatable bonds is 10. The predicted molar refractivity (Wildman–Crippen MR) is 136 cm³/mol. The molecular weight excluding hydrogens is 406 g/mol. The minimum absolute atomic E-state index is 0.0428. The second-order valence-electron chi connectivity index (χ2n) is 8.44. The second-order valence-corrected chi connectivity index (χ2v) is 8.44. The van der Waals surface area contributed by atoms with Gasteiger partial charge in [-0.05, 0) is 49.1 Å². The first-order valence-electron chi connectivity index (χ1n) is 11.7. The third-order valence-electron chi connectivity index (χ3n) is 5.76. The van der Waals surface area contributed by atoms with Crippen molar-refractivity contribution in [3.63, 3.8) is 0 Å². The average Bonchev–Trinajstić information content (AvgIpc) is 3.18. The Balaban J connectivity index is 1.28. The number of unbranched alkanes of at least 4 members (excludes halogenated alkanes) is 2. The van der Waals surface area contributed by atoms with E-state index in [0.29, 0.717) is 6.54 Å². The first-order valence-corrected chi connectivity index (χ1v) is 11.7. The molecule has 168 valence electrons. The molecule has 0 bridgehead atoms. The normalized spacial score (nSPS) is 11.3. The van der Waals surface area contributed by atoms with Crippen molar-refractivity contribution in [1.82, 2.24) is 14.9 Å². The van der Waals surface area contributed by atoms with Crippen molar-refractivity contribution in [3.05, 3.63) is 107 Å². The molecule has 1 aromatic heterocycles. The quantitative estimate of drug-likeness (QED) is 0.247. The first kappa shape index (κ1) is 22.5. The van der Waals surface area contributed by atoms with Crippen molar-refractivity contribution < 1.29 is 4.79 Å². The van der Waals surface area contributed by atoms with Gasteiger partial charge in [-0.25, -0.2) is 4.98 Å². The summed E-state index contributed by atoms with van der Waals surface area (Å²) in [5, 5.41) is 2.98. The molecule has 0 aliphatic rings. The van der Waals surface area contributed by atoms with Gasteiger partial charge >= 0.3 is 0 Å². The van der Waals surface area contributed by atoms with Crippen LogP contribution in [0.2, 0.25) is 0 Å². The average molecular weight is 438 g/mol. The van der Waals surface area contributed by atoms with Crippen LogP contribution in [-0.4, -0.2) is 22.0 Å². The maximum atomic E-state index is 12.0. The zero-order chi connectivity index (χ0) is 22.9. The highest BCUT2D eigenvalue weighted by atomic mass is 16.1. The highest BCUT2D eigenvalue weighted by molar-refractivity contribution is 5.91. The number of benzene rings is 3. The standard InChI is InChI=1S/C29H31N3O/c1-23-11-10-14-25(21-23)22-32-27-16-8-7-15-26(27)31-28(32)17-6-3-9-20-30-29(33)19-18-24-12-4-2-5-13-24/h2,4-5,7-8,10-16,18-19,21H,3,6,9,17,20,22H2,1H3,(H,30,33)/b19-18+. The van der Waals surface area contributed by atoms with Crippen LogP contribution in [-0.2, 0) is 17.8 Å². The molecule has 1 amide bonds. The topological polar surface area (TPSA) is 46.9 Å². The Morgan fingerprint density at radius 2 is 1.76 bits per heavy atom. The number of amides is 1. The molecular formula is C29H31N3O. The smallest absolute Gasteiger partial charge is 0.243 e. The van der Waals surface area contributed by atoms with Gasteiger partial charge in [-0.2, -0.15) is 0 Å². The predicted octanol–water partition coefficient (Wildman–Crippen LogP) is 5.94. The molecule has 0 aliphatic heterocycles. The number of fused-ring (bicyclic) bond motifs is 1. The summed E-state index contributed by atoms with van der Waals surface area (Å²) in [5.41, 5.74) is 5.84. The van der Waals surface area contributed by atoms with E-state index in [0.717, 1.165) is 49.1 Å². The van der Waals surface area contributed by atoms with Crippen LogP contribution in [0, 0.1) is 6.92 Å². The van der Waals surface area contributed by atoms with Crippen molar-refractivity contribution in [1.29, 1.82) is 0 Å². The van der Waals surface area contributed by atoms with Crippen LogP contribution in [0.5, 0.6) is 0 Å². The number of hydrogen-bond acceptors (Lipinski definition) is 2. The number of nitrogens with zero attached hydrogens (tertiary/aromatic N) is 2. The van der Waals surface area contributed by atoms with Gasteiger partial charge in [-0.15, -0.1) is 0 Å². The van der Waals surface area contributed by atoms with Crippen molar-refractivity contribution >= 4 is 23.0 Å². The molecule has 0 saturated heterocycles. The molecule has 3 aromatic carbocycles. The third-order valence-corrected chi connectivity index (χ3v) is 5.76. The van der Waals surface area contributed by atoms with E-state index in [1.165, 1.54) is 16.6 Å². The van der Waals surface area contributed by atoms with E-state index >= 15 is 0 Å². The Morgan fingerprint density at radius 3 is 2.61 bits per heavy atom. The van der Waals surface area contributed by atoms with Crippen LogP contribution >= 0.6 is 0 Å². The van der Waals surface area contributed by atoms with Gasteiger partial charge in [0.1, 0.15) is 5.82 Å². The van der Waals surface area contributed by atoms with E-state index in [2.05, 4.69) is 59.3 Å². The SMILES string of the molecule is Cc1cccc(Cn2c(CCCCCNC(=O)/C=C/c3ccccc3)nc3ccccc32)c1. The molecule has 1 heterocycles. The lowest BCUT2D eigenvalue weighted by molar-refractivity contribution is -0.116. The van der Waals surface area contributed by atoms with Gasteiger partial charge in [-0.3, -0.25) is 4.79 Å². The Kier molecular flexibility index (Phi) is 7.70. The summed E-state index contributed by atoms with van der Waals surface area (Å²) in [5.74, 6) is 1.09. The van der Waals surface area contributed by atoms with Crippen molar-refractivity contribution in [2.75, 3.05) is 6.54 Å². The fourth-order valence-electron chi connectivity index (χ4n) is 4.08. The molecule has 4 aromatic rings. The number of aryl methyl sites for hydroxylation is 2. The number of imidazole rings is 1. The summed E-state index contributed by atoms with van der Waals surface area (Å²) < 4.78 is 2.35. The largest absolute Gasteiger partial charge is 0.353 e. The minimum Gasteiger partial charge on any atom is -0.353 e. The summed E-state index contributed by atoms with van der Waals surface area (Å²) in [6, 6.07) is 26.9. The molecule has 0 aliphatic carbocycles. The van der Waals surface area contributed by atoms with Gasteiger partial charge in [0.05, 0.1) is 11.0 Å². The highest BCUT2D eigenvalue weighted by Gasteiger charge is 2.11. The van der Waals surface area contributed by atoms with E-state index in [-0.39, 0.29) is 5.91 Å². The third kappa shape index (κ3) is 6.42. The molecule has 1 N–H and O–H groups in total. The first-order chi connectivity index (χ1) is 16.2. The number of carbonyl (C=O) groups excluding carboxylic acids is 1. The van der Waals surface area contributed by atoms with Crippen molar-refractivity contribution in [3.8, 4) is 0 Å². The van der Waals surface area contributed by atoms with E-state index in [4.69, 9.17) is 4.98 Å². The Morgan fingerprint density at radius 1 is 0.939 bits per heavy atom. The number of para-hydroxylation sites is 2. The molecule has 0 radical (unpaired) electrons. The second kappa shape index (κ2) is 11.3. The van der Waals surface area contributed by atoms with Gasteiger partial charge in [0.2, 0.25) is 5.91 Å². The zero-order valence-electron chi connectivity index (χ0n) is 19.2. The Hall–Kier alpha value is -3.66. The Labute approximate surface area is 196 Å². The lowest BCUT2D eigenvalue weighted by Crippen LogP contribution is -2.22. The maximum absolute atomic E-state index is 12.0. The van der Waals surface area contributed by atoms with Crippen LogP contribution in [0.1, 0.15) is 41.8 Å². The number of aromatic nitrogens is 2. The fourth-order valence-corrected chi connectivity index (χ4v) is 4.08. The molecule has 4 nitrogen and oxygen atoms in total. The van der Waals surface area contributed by atoms with Crippen molar-refractivity contribution in [2.24, 2.45) is 0 Å². The van der Waals surface area contributed by atoms with E-state index < -0.39 is 0 Å². The summed E-state index contributed by atoms with van der Waals surface area (Å²) >= 11 is 0. The van der Waals surface area contributed by atoms with Gasteiger partial charge in [0.15, 0.2) is 0 Å². The molecule has 0 spiro atoms. The Bertz CT molecular complexity index is 1220. The maximum Gasteiger partial charge on any atom is 0.243 e. The lowest BCUT2D eigenvalue weighted by atomic mass is 10.1. The van der Waals surface area contributed by atoms with Gasteiger partial charge < -0.3 is 9.88 Å². The minimum atomic E-state index is -0.0428. The molecule has 33 heavy (non-hydrogen) atoms. The number of hydrogen-bond donors (Lipinski definition) is 1. The number of nitrogens with one attached hydrogen (secondary N) is 1. The van der Waals surface area contributed by atoms with Crippen LogP contribution < -0.4 is 5.32 Å². The van der Waals surface area contributed by atoms with E-state index in [9.17, 15) is 4.79 Å². The van der Waals surface area contributed by atoms with Gasteiger partial charge in [-0.1, -0.05) is 78.7 Å². The molecule has 4 rings (SSSR count).